The minimum absolute atomic E-state index is 0.0728. The molecule has 1 saturated heterocycles. The molecule has 0 bridgehead atoms. The number of likely N-dealkylation sites (tertiary alicyclic amines) is 1. The summed E-state index contributed by atoms with van der Waals surface area (Å²) >= 11 is 0. The molecule has 2 heterocycles. The zero-order valence-electron chi connectivity index (χ0n) is 15.7. The van der Waals surface area contributed by atoms with Crippen molar-refractivity contribution >= 4 is 11.6 Å². The van der Waals surface area contributed by atoms with Gasteiger partial charge in [-0.3, -0.25) is 9.69 Å². The molecule has 28 heavy (non-hydrogen) atoms. The summed E-state index contributed by atoms with van der Waals surface area (Å²) in [5.74, 6) is 1.51. The van der Waals surface area contributed by atoms with Crippen LogP contribution in [0, 0.1) is 11.3 Å². The van der Waals surface area contributed by atoms with Crippen LogP contribution in [0.4, 0.5) is 5.69 Å². The van der Waals surface area contributed by atoms with Crippen molar-refractivity contribution in [1.82, 2.24) is 4.90 Å². The Hall–Kier alpha value is -3.04. The lowest BCUT2D eigenvalue weighted by atomic mass is 10.0. The van der Waals surface area contributed by atoms with E-state index in [0.717, 1.165) is 42.9 Å². The van der Waals surface area contributed by atoms with Crippen LogP contribution < -0.4 is 14.8 Å². The average Bonchev–Trinajstić information content (AvgIpc) is 3.03. The maximum atomic E-state index is 12.5. The lowest BCUT2D eigenvalue weighted by Gasteiger charge is -2.25. The van der Waals surface area contributed by atoms with E-state index in [1.165, 1.54) is 0 Å². The van der Waals surface area contributed by atoms with Crippen molar-refractivity contribution in [3.05, 3.63) is 53.6 Å². The van der Waals surface area contributed by atoms with Crippen LogP contribution in [0.3, 0.4) is 0 Å². The molecule has 2 aliphatic heterocycles. The number of carbonyl (C=O) groups excluding carboxylic acids is 1. The van der Waals surface area contributed by atoms with Gasteiger partial charge >= 0.3 is 0 Å². The topological polar surface area (TPSA) is 74.6 Å². The maximum absolute atomic E-state index is 12.5. The smallest absolute Gasteiger partial charge is 0.238 e. The fraction of sp³-hybridized carbons (Fsp3) is 0.364. The summed E-state index contributed by atoms with van der Waals surface area (Å²) in [5, 5.41) is 11.9. The number of nitrogens with zero attached hydrogens (tertiary/aromatic N) is 2. The van der Waals surface area contributed by atoms with E-state index in [2.05, 4.69) is 28.4 Å². The van der Waals surface area contributed by atoms with Crippen LogP contribution in [0.15, 0.2) is 42.5 Å². The molecule has 0 saturated carbocycles. The maximum Gasteiger partial charge on any atom is 0.238 e. The molecule has 144 valence electrons. The summed E-state index contributed by atoms with van der Waals surface area (Å²) < 4.78 is 11.5. The van der Waals surface area contributed by atoms with Gasteiger partial charge in [0.1, 0.15) is 0 Å². The van der Waals surface area contributed by atoms with Gasteiger partial charge in [-0.2, -0.15) is 5.26 Å². The molecule has 4 rings (SSSR count). The minimum atomic E-state index is -0.0728. The normalized spacial score (nSPS) is 18.9. The van der Waals surface area contributed by atoms with Crippen molar-refractivity contribution in [2.45, 2.75) is 25.3 Å². The highest BCUT2D eigenvalue weighted by atomic mass is 16.5. The summed E-state index contributed by atoms with van der Waals surface area (Å²) in [6.45, 7) is 2.53. The second-order valence-corrected chi connectivity index (χ2v) is 7.13. The van der Waals surface area contributed by atoms with Gasteiger partial charge in [-0.25, -0.2) is 0 Å². The van der Waals surface area contributed by atoms with Crippen LogP contribution in [0.5, 0.6) is 11.5 Å². The largest absolute Gasteiger partial charge is 0.490 e. The quantitative estimate of drug-likeness (QED) is 0.883. The van der Waals surface area contributed by atoms with E-state index in [0.29, 0.717) is 31.0 Å². The standard InChI is InChI=1S/C22H23N3O3/c23-14-16-4-1-5-18(12-16)24-22(26)15-25-9-2-6-19(25)17-7-8-20-21(13-17)28-11-3-10-27-20/h1,4-5,7-8,12-13,19H,2-3,6,9-11,15H2,(H,24,26)/t19-/m1/s1. The molecule has 1 fully saturated rings. The summed E-state index contributed by atoms with van der Waals surface area (Å²) in [4.78, 5) is 14.7. The number of nitriles is 1. The van der Waals surface area contributed by atoms with E-state index in [-0.39, 0.29) is 11.9 Å². The Bertz CT molecular complexity index is 906. The third-order valence-corrected chi connectivity index (χ3v) is 5.14. The fourth-order valence-electron chi connectivity index (χ4n) is 3.83. The van der Waals surface area contributed by atoms with E-state index in [4.69, 9.17) is 14.7 Å². The number of ether oxygens (including phenoxy) is 2. The summed E-state index contributed by atoms with van der Waals surface area (Å²) in [5.41, 5.74) is 2.33. The fourth-order valence-corrected chi connectivity index (χ4v) is 3.83. The molecular formula is C22H23N3O3. The van der Waals surface area contributed by atoms with Gasteiger partial charge in [-0.05, 0) is 55.3 Å². The molecule has 0 aromatic heterocycles. The number of benzene rings is 2. The van der Waals surface area contributed by atoms with Crippen molar-refractivity contribution in [2.75, 3.05) is 31.6 Å². The van der Waals surface area contributed by atoms with Gasteiger partial charge in [0.2, 0.25) is 5.91 Å². The average molecular weight is 377 g/mol. The molecule has 0 unspecified atom stereocenters. The van der Waals surface area contributed by atoms with E-state index in [9.17, 15) is 4.79 Å². The van der Waals surface area contributed by atoms with Crippen molar-refractivity contribution in [3.63, 3.8) is 0 Å². The van der Waals surface area contributed by atoms with Crippen molar-refractivity contribution < 1.29 is 14.3 Å². The van der Waals surface area contributed by atoms with Crippen LogP contribution in [0.2, 0.25) is 0 Å². The Labute approximate surface area is 164 Å². The molecule has 1 N–H and O–H groups in total. The number of anilines is 1. The first-order chi connectivity index (χ1) is 13.7. The third kappa shape index (κ3) is 4.10. The van der Waals surface area contributed by atoms with Crippen LogP contribution in [-0.2, 0) is 4.79 Å². The molecule has 6 heteroatoms. The van der Waals surface area contributed by atoms with Gasteiger partial charge < -0.3 is 14.8 Å². The molecule has 0 radical (unpaired) electrons. The minimum Gasteiger partial charge on any atom is -0.490 e. The van der Waals surface area contributed by atoms with E-state index >= 15 is 0 Å². The number of hydrogen-bond donors (Lipinski definition) is 1. The second-order valence-electron chi connectivity index (χ2n) is 7.13. The molecule has 0 aliphatic carbocycles. The van der Waals surface area contributed by atoms with Gasteiger partial charge in [0, 0.05) is 18.2 Å². The summed E-state index contributed by atoms with van der Waals surface area (Å²) in [6.07, 6.45) is 2.94. The Morgan fingerprint density at radius 2 is 2.00 bits per heavy atom. The predicted octanol–water partition coefficient (Wildman–Crippen LogP) is 3.50. The number of hydrogen-bond acceptors (Lipinski definition) is 5. The van der Waals surface area contributed by atoms with Gasteiger partial charge in [0.25, 0.3) is 0 Å². The monoisotopic (exact) mass is 377 g/mol. The van der Waals surface area contributed by atoms with E-state index < -0.39 is 0 Å². The first-order valence-corrected chi connectivity index (χ1v) is 9.66. The molecule has 1 atom stereocenters. The number of rotatable bonds is 4. The zero-order valence-corrected chi connectivity index (χ0v) is 15.7. The highest BCUT2D eigenvalue weighted by molar-refractivity contribution is 5.92. The molecular weight excluding hydrogens is 354 g/mol. The molecule has 2 aromatic carbocycles. The third-order valence-electron chi connectivity index (χ3n) is 5.14. The number of carbonyl (C=O) groups is 1. The lowest BCUT2D eigenvalue weighted by molar-refractivity contribution is -0.117. The van der Waals surface area contributed by atoms with E-state index in [1.807, 2.05) is 6.07 Å². The van der Waals surface area contributed by atoms with Crippen LogP contribution >= 0.6 is 0 Å². The summed E-state index contributed by atoms with van der Waals surface area (Å²) in [6, 6.07) is 15.3. The van der Waals surface area contributed by atoms with Gasteiger partial charge in [0.05, 0.1) is 31.4 Å². The number of nitrogens with one attached hydrogen (secondary N) is 1. The van der Waals surface area contributed by atoms with Crippen LogP contribution in [-0.4, -0.2) is 37.1 Å². The highest BCUT2D eigenvalue weighted by Gasteiger charge is 2.28. The van der Waals surface area contributed by atoms with Crippen LogP contribution in [0.1, 0.15) is 36.4 Å². The Morgan fingerprint density at radius 1 is 1.14 bits per heavy atom. The first kappa shape index (κ1) is 18.3. The van der Waals surface area contributed by atoms with Crippen molar-refractivity contribution in [1.29, 1.82) is 5.26 Å². The lowest BCUT2D eigenvalue weighted by Crippen LogP contribution is -2.33. The summed E-state index contributed by atoms with van der Waals surface area (Å²) in [7, 11) is 0. The van der Waals surface area contributed by atoms with Crippen molar-refractivity contribution in [2.24, 2.45) is 0 Å². The zero-order chi connectivity index (χ0) is 19.3. The molecule has 0 spiro atoms. The SMILES string of the molecule is N#Cc1cccc(NC(=O)CN2CCC[C@@H]2c2ccc3c(c2)OCCCO3)c1. The van der Waals surface area contributed by atoms with Gasteiger partial charge in [0.15, 0.2) is 11.5 Å². The Balaban J connectivity index is 1.44. The predicted molar refractivity (Wildman–Crippen MR) is 105 cm³/mol. The first-order valence-electron chi connectivity index (χ1n) is 9.66. The molecule has 2 aromatic rings. The Kier molecular flexibility index (Phi) is 5.45. The van der Waals surface area contributed by atoms with Gasteiger partial charge in [-0.15, -0.1) is 0 Å². The molecule has 2 aliphatic rings. The second kappa shape index (κ2) is 8.32. The molecule has 1 amide bonds. The van der Waals surface area contributed by atoms with Crippen LogP contribution in [0.25, 0.3) is 0 Å². The molecule has 6 nitrogen and oxygen atoms in total. The highest BCUT2D eigenvalue weighted by Crippen LogP contribution is 2.37. The van der Waals surface area contributed by atoms with Crippen molar-refractivity contribution in [3.8, 4) is 17.6 Å². The van der Waals surface area contributed by atoms with Gasteiger partial charge in [-0.1, -0.05) is 12.1 Å². The number of fused-ring (bicyclic) bond motifs is 1. The van der Waals surface area contributed by atoms with E-state index in [1.54, 1.807) is 24.3 Å². The number of amides is 1. The Morgan fingerprint density at radius 3 is 2.86 bits per heavy atom.